The summed E-state index contributed by atoms with van der Waals surface area (Å²) in [5, 5.41) is 9.85. The third-order valence-corrected chi connectivity index (χ3v) is 5.57. The Balaban J connectivity index is 1.46. The summed E-state index contributed by atoms with van der Waals surface area (Å²) >= 11 is 1.82. The van der Waals surface area contributed by atoms with Crippen LogP contribution in [0, 0.1) is 0 Å². The van der Waals surface area contributed by atoms with Gasteiger partial charge in [-0.2, -0.15) is 0 Å². The lowest BCUT2D eigenvalue weighted by molar-refractivity contribution is 0.804. The molecule has 26 heavy (non-hydrogen) atoms. The number of nitrogens with zero attached hydrogens (tertiary/aromatic N) is 3. The van der Waals surface area contributed by atoms with Crippen LogP contribution in [0.2, 0.25) is 0 Å². The van der Waals surface area contributed by atoms with Crippen LogP contribution in [0.5, 0.6) is 0 Å². The first-order valence-corrected chi connectivity index (χ1v) is 9.26. The second-order valence-corrected chi connectivity index (χ2v) is 7.19. The summed E-state index contributed by atoms with van der Waals surface area (Å²) < 4.78 is 3.13. The minimum Gasteiger partial charge on any atom is -0.220 e. The number of benzene rings is 3. The largest absolute Gasteiger partial charge is 0.220 e. The first kappa shape index (κ1) is 15.0. The molecule has 3 nitrogen and oxygen atoms in total. The molecule has 0 saturated heterocycles. The van der Waals surface area contributed by atoms with Gasteiger partial charge in [-0.05, 0) is 35.2 Å². The number of thiophene rings is 1. The normalized spacial score (nSPS) is 11.1. The molecule has 0 atom stereocenters. The number of rotatable bonds is 3. The molecule has 0 N–H and O–H groups in total. The molecule has 0 aliphatic heterocycles. The summed E-state index contributed by atoms with van der Waals surface area (Å²) in [6.45, 7) is 0. The smallest absolute Gasteiger partial charge is 0.113 e. The van der Waals surface area contributed by atoms with Gasteiger partial charge < -0.3 is 0 Å². The van der Waals surface area contributed by atoms with Crippen molar-refractivity contribution < 1.29 is 0 Å². The minimum absolute atomic E-state index is 0.874. The van der Waals surface area contributed by atoms with E-state index in [0.29, 0.717) is 0 Å². The fraction of sp³-hybridized carbons (Fsp3) is 0. The Kier molecular flexibility index (Phi) is 3.61. The van der Waals surface area contributed by atoms with Gasteiger partial charge in [-0.15, -0.1) is 16.4 Å². The van der Waals surface area contributed by atoms with Crippen LogP contribution in [0.1, 0.15) is 0 Å². The van der Waals surface area contributed by atoms with Gasteiger partial charge in [-0.1, -0.05) is 65.9 Å². The van der Waals surface area contributed by atoms with Crippen LogP contribution in [-0.4, -0.2) is 15.0 Å². The van der Waals surface area contributed by atoms with E-state index in [1.165, 1.54) is 20.5 Å². The Bertz CT molecular complexity index is 1140. The molecule has 0 aliphatic rings. The van der Waals surface area contributed by atoms with Gasteiger partial charge in [0.1, 0.15) is 5.69 Å². The van der Waals surface area contributed by atoms with Crippen molar-refractivity contribution in [1.29, 1.82) is 0 Å². The van der Waals surface area contributed by atoms with Crippen molar-refractivity contribution in [3.05, 3.63) is 91.1 Å². The van der Waals surface area contributed by atoms with Gasteiger partial charge in [0.25, 0.3) is 0 Å². The summed E-state index contributed by atoms with van der Waals surface area (Å²) in [5.74, 6) is 0. The van der Waals surface area contributed by atoms with E-state index in [2.05, 4.69) is 64.9 Å². The summed E-state index contributed by atoms with van der Waals surface area (Å²) in [6.07, 6.45) is 1.96. The molecule has 0 bridgehead atoms. The molecule has 4 heteroatoms. The van der Waals surface area contributed by atoms with Crippen molar-refractivity contribution in [3.63, 3.8) is 0 Å². The molecule has 0 fully saturated rings. The van der Waals surface area contributed by atoms with Gasteiger partial charge in [-0.25, -0.2) is 4.68 Å². The molecular formula is C22H15N3S. The van der Waals surface area contributed by atoms with Crippen LogP contribution in [0.4, 0.5) is 0 Å². The third kappa shape index (κ3) is 2.70. The highest BCUT2D eigenvalue weighted by Gasteiger charge is 2.07. The molecule has 0 aliphatic carbocycles. The standard InChI is InChI=1S/C22H15N3S/c1-2-6-16(7-3-1)20-15-25(24-23-20)19-12-10-17(11-13-19)22-14-18-8-4-5-9-21(18)26-22/h1-15H. The first-order chi connectivity index (χ1) is 12.9. The average Bonchev–Trinajstić information content (AvgIpc) is 3.36. The van der Waals surface area contributed by atoms with Gasteiger partial charge >= 0.3 is 0 Å². The van der Waals surface area contributed by atoms with E-state index in [9.17, 15) is 0 Å². The van der Waals surface area contributed by atoms with Crippen molar-refractivity contribution in [3.8, 4) is 27.4 Å². The van der Waals surface area contributed by atoms with E-state index in [0.717, 1.165) is 16.9 Å². The topological polar surface area (TPSA) is 30.7 Å². The Morgan fingerprint density at radius 1 is 0.731 bits per heavy atom. The molecule has 5 aromatic rings. The van der Waals surface area contributed by atoms with Crippen LogP contribution in [0.3, 0.4) is 0 Å². The van der Waals surface area contributed by atoms with Gasteiger partial charge in [0.2, 0.25) is 0 Å². The van der Waals surface area contributed by atoms with Gasteiger partial charge in [-0.3, -0.25) is 0 Å². The zero-order valence-electron chi connectivity index (χ0n) is 13.9. The Hall–Kier alpha value is -3.24. The van der Waals surface area contributed by atoms with Crippen LogP contribution in [0.15, 0.2) is 91.1 Å². The predicted molar refractivity (Wildman–Crippen MR) is 108 cm³/mol. The Morgan fingerprint density at radius 3 is 2.31 bits per heavy atom. The second kappa shape index (κ2) is 6.24. The molecule has 2 heterocycles. The molecule has 0 unspecified atom stereocenters. The van der Waals surface area contributed by atoms with Crippen LogP contribution >= 0.6 is 11.3 Å². The lowest BCUT2D eigenvalue weighted by atomic mass is 10.1. The predicted octanol–water partition coefficient (Wildman–Crippen LogP) is 5.82. The fourth-order valence-corrected chi connectivity index (χ4v) is 4.10. The quantitative estimate of drug-likeness (QED) is 0.409. The van der Waals surface area contributed by atoms with Crippen molar-refractivity contribution in [1.82, 2.24) is 15.0 Å². The Labute approximate surface area is 155 Å². The molecule has 5 rings (SSSR count). The SMILES string of the molecule is c1ccc(-c2cn(-c3ccc(-c4cc5ccccc5s4)cc3)nn2)cc1. The molecule has 0 radical (unpaired) electrons. The fourth-order valence-electron chi connectivity index (χ4n) is 3.03. The van der Waals surface area contributed by atoms with E-state index >= 15 is 0 Å². The van der Waals surface area contributed by atoms with E-state index in [1.54, 1.807) is 0 Å². The number of hydrogen-bond donors (Lipinski definition) is 0. The van der Waals surface area contributed by atoms with Crippen molar-refractivity contribution in [2.75, 3.05) is 0 Å². The molecule has 2 aromatic heterocycles. The number of hydrogen-bond acceptors (Lipinski definition) is 3. The molecule has 0 spiro atoms. The van der Waals surface area contributed by atoms with E-state index in [-0.39, 0.29) is 0 Å². The maximum atomic E-state index is 4.29. The van der Waals surface area contributed by atoms with Crippen molar-refractivity contribution in [2.45, 2.75) is 0 Å². The molecule has 3 aromatic carbocycles. The first-order valence-electron chi connectivity index (χ1n) is 8.44. The highest BCUT2D eigenvalue weighted by atomic mass is 32.1. The van der Waals surface area contributed by atoms with Crippen LogP contribution in [-0.2, 0) is 0 Å². The minimum atomic E-state index is 0.874. The molecule has 0 saturated carbocycles. The summed E-state index contributed by atoms with van der Waals surface area (Å²) in [7, 11) is 0. The van der Waals surface area contributed by atoms with Gasteiger partial charge in [0, 0.05) is 15.1 Å². The average molecular weight is 353 g/mol. The molecule has 0 amide bonds. The molecule has 124 valence electrons. The van der Waals surface area contributed by atoms with Gasteiger partial charge in [0.05, 0.1) is 11.9 Å². The zero-order chi connectivity index (χ0) is 17.3. The van der Waals surface area contributed by atoms with E-state index in [1.807, 2.05) is 52.5 Å². The monoisotopic (exact) mass is 353 g/mol. The van der Waals surface area contributed by atoms with Crippen LogP contribution < -0.4 is 0 Å². The second-order valence-electron chi connectivity index (χ2n) is 6.11. The lowest BCUT2D eigenvalue weighted by Gasteiger charge is -2.02. The maximum absolute atomic E-state index is 4.29. The summed E-state index contributed by atoms with van der Waals surface area (Å²) in [5.41, 5.74) is 4.17. The van der Waals surface area contributed by atoms with E-state index < -0.39 is 0 Å². The Morgan fingerprint density at radius 2 is 1.50 bits per heavy atom. The van der Waals surface area contributed by atoms with Crippen LogP contribution in [0.25, 0.3) is 37.5 Å². The lowest BCUT2D eigenvalue weighted by Crippen LogP contribution is -1.94. The molecular weight excluding hydrogens is 338 g/mol. The highest BCUT2D eigenvalue weighted by Crippen LogP contribution is 2.33. The zero-order valence-corrected chi connectivity index (χ0v) is 14.7. The highest BCUT2D eigenvalue weighted by molar-refractivity contribution is 7.22. The number of fused-ring (bicyclic) bond motifs is 1. The van der Waals surface area contributed by atoms with Gasteiger partial charge in [0.15, 0.2) is 0 Å². The van der Waals surface area contributed by atoms with Crippen molar-refractivity contribution >= 4 is 21.4 Å². The summed E-state index contributed by atoms with van der Waals surface area (Å²) in [4.78, 5) is 1.28. The third-order valence-electron chi connectivity index (χ3n) is 4.40. The number of aromatic nitrogens is 3. The van der Waals surface area contributed by atoms with Crippen molar-refractivity contribution in [2.24, 2.45) is 0 Å². The van der Waals surface area contributed by atoms with E-state index in [4.69, 9.17) is 0 Å². The summed E-state index contributed by atoms with van der Waals surface area (Å²) in [6, 6.07) is 29.3. The maximum Gasteiger partial charge on any atom is 0.113 e.